The fourth-order valence-corrected chi connectivity index (χ4v) is 4.76. The number of hydrogen-bond donors (Lipinski definition) is 1. The van der Waals surface area contributed by atoms with Crippen LogP contribution in [0, 0.1) is 18.8 Å². The smallest absolute Gasteiger partial charge is 0.230 e. The summed E-state index contributed by atoms with van der Waals surface area (Å²) in [5.41, 5.74) is 1.68. The molecule has 1 saturated carbocycles. The predicted octanol–water partition coefficient (Wildman–Crippen LogP) is 4.84. The van der Waals surface area contributed by atoms with E-state index in [9.17, 15) is 4.79 Å². The lowest BCUT2D eigenvalue weighted by Gasteiger charge is -2.34. The molecule has 2 aromatic rings. The maximum Gasteiger partial charge on any atom is 0.230 e. The van der Waals surface area contributed by atoms with Crippen molar-refractivity contribution in [2.45, 2.75) is 51.8 Å². The number of aromatic nitrogens is 1. The first-order valence-corrected chi connectivity index (χ1v) is 11.6. The fraction of sp³-hybridized carbons (Fsp3) is 0.565. The standard InChI is InChI=1S/C23H32N2O4S/c1-14-7-6-8-18(15(14)2)24-22(26)13-30-12-19-16(3)29-23(25-19)17-9-10-20(27-4)21(11-17)28-5/h9-11,14-15,18H,6-8,12-13H2,1-5H3,(H,24,26)/t14-,15-,18+/m0/s1. The number of carbonyl (C=O) groups is 1. The van der Waals surface area contributed by atoms with Crippen LogP contribution in [0.25, 0.3) is 11.5 Å². The van der Waals surface area contributed by atoms with Crippen molar-refractivity contribution in [2.75, 3.05) is 20.0 Å². The van der Waals surface area contributed by atoms with Crippen LogP contribution in [0.15, 0.2) is 22.6 Å². The minimum atomic E-state index is 0.104. The Bertz CT molecular complexity index is 867. The molecule has 1 aliphatic carbocycles. The highest BCUT2D eigenvalue weighted by atomic mass is 32.2. The predicted molar refractivity (Wildman–Crippen MR) is 120 cm³/mol. The van der Waals surface area contributed by atoms with Crippen molar-refractivity contribution in [1.82, 2.24) is 10.3 Å². The van der Waals surface area contributed by atoms with E-state index in [-0.39, 0.29) is 5.91 Å². The first-order chi connectivity index (χ1) is 14.4. The van der Waals surface area contributed by atoms with E-state index in [0.717, 1.165) is 23.4 Å². The Labute approximate surface area is 183 Å². The van der Waals surface area contributed by atoms with Gasteiger partial charge in [-0.2, -0.15) is 0 Å². The van der Waals surface area contributed by atoms with Gasteiger partial charge in [0.2, 0.25) is 11.8 Å². The molecule has 0 spiro atoms. The number of amides is 1. The summed E-state index contributed by atoms with van der Waals surface area (Å²) in [5.74, 6) is 4.97. The van der Waals surface area contributed by atoms with Gasteiger partial charge in [0.25, 0.3) is 0 Å². The van der Waals surface area contributed by atoms with E-state index < -0.39 is 0 Å². The van der Waals surface area contributed by atoms with E-state index in [0.29, 0.717) is 46.8 Å². The van der Waals surface area contributed by atoms with E-state index in [1.165, 1.54) is 12.8 Å². The van der Waals surface area contributed by atoms with Crippen LogP contribution in [0.4, 0.5) is 0 Å². The number of ether oxygens (including phenoxy) is 2. The van der Waals surface area contributed by atoms with Crippen LogP contribution in [0.3, 0.4) is 0 Å². The molecular formula is C23H32N2O4S. The third kappa shape index (κ3) is 5.31. The zero-order chi connectivity index (χ0) is 21.7. The Morgan fingerprint density at radius 2 is 2.00 bits per heavy atom. The van der Waals surface area contributed by atoms with E-state index in [4.69, 9.17) is 13.9 Å². The molecule has 6 nitrogen and oxygen atoms in total. The molecular weight excluding hydrogens is 400 g/mol. The molecule has 1 N–H and O–H groups in total. The van der Waals surface area contributed by atoms with Gasteiger partial charge in [0.05, 0.1) is 25.7 Å². The van der Waals surface area contributed by atoms with E-state index in [1.54, 1.807) is 26.0 Å². The quantitative estimate of drug-likeness (QED) is 0.643. The fourth-order valence-electron chi connectivity index (χ4n) is 3.93. The molecule has 30 heavy (non-hydrogen) atoms. The number of aryl methyl sites for hydroxylation is 1. The Morgan fingerprint density at radius 3 is 2.73 bits per heavy atom. The molecule has 3 atom stereocenters. The van der Waals surface area contributed by atoms with Crippen LogP contribution in [0.2, 0.25) is 0 Å². The average molecular weight is 433 g/mol. The first-order valence-electron chi connectivity index (χ1n) is 10.5. The van der Waals surface area contributed by atoms with Crippen molar-refractivity contribution in [3.05, 3.63) is 29.7 Å². The molecule has 1 heterocycles. The minimum Gasteiger partial charge on any atom is -0.493 e. The van der Waals surface area contributed by atoms with Crippen molar-refractivity contribution < 1.29 is 18.7 Å². The maximum absolute atomic E-state index is 12.4. The summed E-state index contributed by atoms with van der Waals surface area (Å²) < 4.78 is 16.5. The summed E-state index contributed by atoms with van der Waals surface area (Å²) in [6.45, 7) is 6.43. The molecule has 1 aromatic heterocycles. The van der Waals surface area contributed by atoms with Crippen LogP contribution in [-0.2, 0) is 10.5 Å². The Hall–Kier alpha value is -2.15. The van der Waals surface area contributed by atoms with Crippen molar-refractivity contribution in [3.8, 4) is 23.0 Å². The topological polar surface area (TPSA) is 73.6 Å². The van der Waals surface area contributed by atoms with Gasteiger partial charge in [-0.1, -0.05) is 26.7 Å². The second-order valence-corrected chi connectivity index (χ2v) is 9.01. The monoisotopic (exact) mass is 432 g/mol. The molecule has 1 amide bonds. The van der Waals surface area contributed by atoms with Gasteiger partial charge in [0.15, 0.2) is 11.5 Å². The molecule has 1 aromatic carbocycles. The summed E-state index contributed by atoms with van der Waals surface area (Å²) in [6.07, 6.45) is 3.54. The van der Waals surface area contributed by atoms with Crippen LogP contribution >= 0.6 is 11.8 Å². The minimum absolute atomic E-state index is 0.104. The largest absolute Gasteiger partial charge is 0.493 e. The molecule has 164 valence electrons. The number of rotatable bonds is 8. The number of thioether (sulfide) groups is 1. The van der Waals surface area contributed by atoms with Crippen molar-refractivity contribution >= 4 is 17.7 Å². The number of carbonyl (C=O) groups excluding carboxylic acids is 1. The van der Waals surface area contributed by atoms with Gasteiger partial charge in [-0.25, -0.2) is 4.98 Å². The van der Waals surface area contributed by atoms with Gasteiger partial charge in [0, 0.05) is 17.4 Å². The SMILES string of the molecule is COc1ccc(-c2nc(CSCC(=O)N[C@@H]3CCC[C@H](C)[C@@H]3C)c(C)o2)cc1OC. The van der Waals surface area contributed by atoms with Crippen LogP contribution in [0.1, 0.15) is 44.6 Å². The highest BCUT2D eigenvalue weighted by Crippen LogP contribution is 2.33. The van der Waals surface area contributed by atoms with E-state index >= 15 is 0 Å². The number of methoxy groups -OCH3 is 2. The van der Waals surface area contributed by atoms with Gasteiger partial charge >= 0.3 is 0 Å². The molecule has 0 saturated heterocycles. The average Bonchev–Trinajstić information content (AvgIpc) is 3.11. The third-order valence-electron chi connectivity index (χ3n) is 6.05. The highest BCUT2D eigenvalue weighted by Gasteiger charge is 2.28. The number of nitrogens with zero attached hydrogens (tertiary/aromatic N) is 1. The van der Waals surface area contributed by atoms with Gasteiger partial charge in [-0.15, -0.1) is 11.8 Å². The summed E-state index contributed by atoms with van der Waals surface area (Å²) in [7, 11) is 3.21. The summed E-state index contributed by atoms with van der Waals surface area (Å²) in [4.78, 5) is 17.0. The second-order valence-electron chi connectivity index (χ2n) is 8.03. The zero-order valence-electron chi connectivity index (χ0n) is 18.5. The van der Waals surface area contributed by atoms with Crippen molar-refractivity contribution in [2.24, 2.45) is 11.8 Å². The molecule has 0 unspecified atom stereocenters. The number of nitrogens with one attached hydrogen (secondary N) is 1. The van der Waals surface area contributed by atoms with Crippen LogP contribution < -0.4 is 14.8 Å². The van der Waals surface area contributed by atoms with Crippen LogP contribution in [-0.4, -0.2) is 36.9 Å². The molecule has 1 aliphatic rings. The number of hydrogen-bond acceptors (Lipinski definition) is 6. The van der Waals surface area contributed by atoms with E-state index in [2.05, 4.69) is 24.1 Å². The van der Waals surface area contributed by atoms with E-state index in [1.807, 2.05) is 25.1 Å². The molecule has 0 bridgehead atoms. The van der Waals surface area contributed by atoms with Gasteiger partial charge in [-0.3, -0.25) is 4.79 Å². The molecule has 0 radical (unpaired) electrons. The molecule has 1 fully saturated rings. The van der Waals surface area contributed by atoms with Gasteiger partial charge < -0.3 is 19.2 Å². The molecule has 3 rings (SSSR count). The molecule has 7 heteroatoms. The lowest BCUT2D eigenvalue weighted by atomic mass is 9.78. The zero-order valence-corrected chi connectivity index (χ0v) is 19.3. The summed E-state index contributed by atoms with van der Waals surface area (Å²) >= 11 is 1.56. The number of benzene rings is 1. The Balaban J connectivity index is 1.56. The van der Waals surface area contributed by atoms with Crippen molar-refractivity contribution in [3.63, 3.8) is 0 Å². The Morgan fingerprint density at radius 1 is 1.23 bits per heavy atom. The Kier molecular flexibility index (Phi) is 7.69. The van der Waals surface area contributed by atoms with Crippen LogP contribution in [0.5, 0.6) is 11.5 Å². The van der Waals surface area contributed by atoms with Gasteiger partial charge in [0.1, 0.15) is 5.76 Å². The molecule has 0 aliphatic heterocycles. The third-order valence-corrected chi connectivity index (χ3v) is 6.99. The number of oxazole rings is 1. The summed E-state index contributed by atoms with van der Waals surface area (Å²) in [5, 5.41) is 3.23. The second kappa shape index (κ2) is 10.2. The van der Waals surface area contributed by atoms with Gasteiger partial charge in [-0.05, 0) is 43.4 Å². The first kappa shape index (κ1) is 22.5. The lowest BCUT2D eigenvalue weighted by molar-refractivity contribution is -0.119. The normalized spacial score (nSPS) is 21.3. The highest BCUT2D eigenvalue weighted by molar-refractivity contribution is 7.99. The van der Waals surface area contributed by atoms with Crippen molar-refractivity contribution in [1.29, 1.82) is 0 Å². The summed E-state index contributed by atoms with van der Waals surface area (Å²) in [6, 6.07) is 5.87. The lowest BCUT2D eigenvalue weighted by Crippen LogP contribution is -2.44. The maximum atomic E-state index is 12.4.